The fourth-order valence-electron chi connectivity index (χ4n) is 1.11. The van der Waals surface area contributed by atoms with Crippen LogP contribution in [0.5, 0.6) is 0 Å². The third-order valence-corrected chi connectivity index (χ3v) is 1.84. The third-order valence-electron chi connectivity index (χ3n) is 1.84. The number of nitrogens with zero attached hydrogens (tertiary/aromatic N) is 1. The molecule has 1 rings (SSSR count). The van der Waals surface area contributed by atoms with Crippen LogP contribution in [0, 0.1) is 17.1 Å². The summed E-state index contributed by atoms with van der Waals surface area (Å²) < 4.78 is 13.0. The molecule has 1 unspecified atom stereocenters. The number of aliphatic hydroxyl groups is 2. The molecule has 0 fully saturated rings. The molecule has 0 spiro atoms. The third kappa shape index (κ3) is 2.52. The molecule has 0 amide bonds. The Balaban J connectivity index is 2.82. The molecule has 0 aliphatic rings. The average Bonchev–Trinajstić information content (AvgIpc) is 2.18. The van der Waals surface area contributed by atoms with Crippen LogP contribution in [0.2, 0.25) is 0 Å². The van der Waals surface area contributed by atoms with E-state index in [1.54, 1.807) is 12.1 Å². The second-order valence-electron chi connectivity index (χ2n) is 2.97. The van der Waals surface area contributed by atoms with Crippen molar-refractivity contribution in [3.63, 3.8) is 0 Å². The summed E-state index contributed by atoms with van der Waals surface area (Å²) in [4.78, 5) is 0. The molecule has 0 aliphatic carbocycles. The number of rotatable bonds is 3. The van der Waals surface area contributed by atoms with Gasteiger partial charge in [-0.2, -0.15) is 5.26 Å². The van der Waals surface area contributed by atoms with Gasteiger partial charge in [0.05, 0.1) is 18.3 Å². The smallest absolute Gasteiger partial charge is 0.141 e. The second-order valence-corrected chi connectivity index (χ2v) is 2.97. The summed E-state index contributed by atoms with van der Waals surface area (Å²) in [6.45, 7) is -0.360. The zero-order chi connectivity index (χ0) is 10.6. The maximum Gasteiger partial charge on any atom is 0.141 e. The Morgan fingerprint density at radius 2 is 2.21 bits per heavy atom. The van der Waals surface area contributed by atoms with Crippen LogP contribution >= 0.6 is 0 Å². The van der Waals surface area contributed by atoms with Crippen molar-refractivity contribution in [3.8, 4) is 6.07 Å². The van der Waals surface area contributed by atoms with Gasteiger partial charge >= 0.3 is 0 Å². The first-order valence-corrected chi connectivity index (χ1v) is 4.15. The van der Waals surface area contributed by atoms with Gasteiger partial charge in [0.1, 0.15) is 11.9 Å². The van der Waals surface area contributed by atoms with Crippen LogP contribution in [0.4, 0.5) is 4.39 Å². The molecule has 74 valence electrons. The van der Waals surface area contributed by atoms with Gasteiger partial charge in [0.25, 0.3) is 0 Å². The van der Waals surface area contributed by atoms with Crippen molar-refractivity contribution in [1.82, 2.24) is 0 Å². The molecular formula is C10H10FNO2. The summed E-state index contributed by atoms with van der Waals surface area (Å²) in [5.41, 5.74) is 0.537. The van der Waals surface area contributed by atoms with Crippen LogP contribution < -0.4 is 0 Å². The SMILES string of the molecule is N#Cc1ccc(CC(O)CO)cc1F. The largest absolute Gasteiger partial charge is 0.394 e. The van der Waals surface area contributed by atoms with E-state index in [9.17, 15) is 4.39 Å². The lowest BCUT2D eigenvalue weighted by atomic mass is 10.1. The topological polar surface area (TPSA) is 64.2 Å². The molecule has 0 radical (unpaired) electrons. The van der Waals surface area contributed by atoms with Crippen LogP contribution in [0.15, 0.2) is 18.2 Å². The number of nitriles is 1. The van der Waals surface area contributed by atoms with Gasteiger partial charge in [0.15, 0.2) is 0 Å². The highest BCUT2D eigenvalue weighted by Crippen LogP contribution is 2.11. The molecule has 1 aromatic carbocycles. The van der Waals surface area contributed by atoms with E-state index in [-0.39, 0.29) is 18.6 Å². The van der Waals surface area contributed by atoms with Gasteiger partial charge in [-0.15, -0.1) is 0 Å². The van der Waals surface area contributed by atoms with Gasteiger partial charge in [0.2, 0.25) is 0 Å². The summed E-state index contributed by atoms with van der Waals surface area (Å²) in [6, 6.07) is 5.81. The van der Waals surface area contributed by atoms with E-state index in [1.165, 1.54) is 12.1 Å². The molecular weight excluding hydrogens is 185 g/mol. The van der Waals surface area contributed by atoms with Gasteiger partial charge in [0, 0.05) is 6.42 Å². The Bertz CT molecular complexity index is 360. The summed E-state index contributed by atoms with van der Waals surface area (Å²) in [6.07, 6.45) is -0.707. The molecule has 0 saturated carbocycles. The van der Waals surface area contributed by atoms with Crippen molar-refractivity contribution in [2.45, 2.75) is 12.5 Å². The predicted molar refractivity (Wildman–Crippen MR) is 47.9 cm³/mol. The van der Waals surface area contributed by atoms with E-state index < -0.39 is 11.9 Å². The molecule has 4 heteroatoms. The first kappa shape index (κ1) is 10.6. The van der Waals surface area contributed by atoms with Crippen molar-refractivity contribution in [2.24, 2.45) is 0 Å². The van der Waals surface area contributed by atoms with Crippen LogP contribution in [0.25, 0.3) is 0 Å². The average molecular weight is 195 g/mol. The Morgan fingerprint density at radius 3 is 2.71 bits per heavy atom. The quantitative estimate of drug-likeness (QED) is 0.742. The zero-order valence-electron chi connectivity index (χ0n) is 7.44. The normalized spacial score (nSPS) is 12.1. The number of hydrogen-bond acceptors (Lipinski definition) is 3. The van der Waals surface area contributed by atoms with Gasteiger partial charge in [-0.3, -0.25) is 0 Å². The Morgan fingerprint density at radius 1 is 1.50 bits per heavy atom. The molecule has 1 atom stereocenters. The molecule has 0 bridgehead atoms. The Labute approximate surface area is 81.0 Å². The molecule has 0 saturated heterocycles. The van der Waals surface area contributed by atoms with Crippen LogP contribution in [0.3, 0.4) is 0 Å². The number of halogens is 1. The lowest BCUT2D eigenvalue weighted by Gasteiger charge is -2.06. The van der Waals surface area contributed by atoms with Gasteiger partial charge in [-0.1, -0.05) is 6.07 Å². The molecule has 0 heterocycles. The van der Waals surface area contributed by atoms with Crippen molar-refractivity contribution in [3.05, 3.63) is 35.1 Å². The highest BCUT2D eigenvalue weighted by atomic mass is 19.1. The van der Waals surface area contributed by atoms with Crippen LogP contribution in [0.1, 0.15) is 11.1 Å². The summed E-state index contributed by atoms with van der Waals surface area (Å²) in [7, 11) is 0. The first-order chi connectivity index (χ1) is 6.67. The second kappa shape index (κ2) is 4.70. The molecule has 0 aliphatic heterocycles. The van der Waals surface area contributed by atoms with Crippen molar-refractivity contribution < 1.29 is 14.6 Å². The van der Waals surface area contributed by atoms with Crippen LogP contribution in [-0.2, 0) is 6.42 Å². The number of benzene rings is 1. The molecule has 0 aromatic heterocycles. The van der Waals surface area contributed by atoms with E-state index in [1.807, 2.05) is 0 Å². The monoisotopic (exact) mass is 195 g/mol. The fraction of sp³-hybridized carbons (Fsp3) is 0.300. The summed E-state index contributed by atoms with van der Waals surface area (Å²) in [5.74, 6) is -0.602. The van der Waals surface area contributed by atoms with Crippen molar-refractivity contribution in [2.75, 3.05) is 6.61 Å². The molecule has 3 nitrogen and oxygen atoms in total. The minimum absolute atomic E-state index is 0.0211. The zero-order valence-corrected chi connectivity index (χ0v) is 7.44. The van der Waals surface area contributed by atoms with Crippen LogP contribution in [-0.4, -0.2) is 22.9 Å². The van der Waals surface area contributed by atoms with Gasteiger partial charge in [-0.05, 0) is 17.7 Å². The number of hydrogen-bond donors (Lipinski definition) is 2. The van der Waals surface area contributed by atoms with Gasteiger partial charge in [-0.25, -0.2) is 4.39 Å². The highest BCUT2D eigenvalue weighted by Gasteiger charge is 2.06. The van der Waals surface area contributed by atoms with E-state index in [2.05, 4.69) is 0 Å². The summed E-state index contributed by atoms with van der Waals surface area (Å²) in [5, 5.41) is 26.1. The highest BCUT2D eigenvalue weighted by molar-refractivity contribution is 5.33. The minimum Gasteiger partial charge on any atom is -0.394 e. The van der Waals surface area contributed by atoms with E-state index in [0.29, 0.717) is 5.56 Å². The minimum atomic E-state index is -0.887. The van der Waals surface area contributed by atoms with E-state index >= 15 is 0 Å². The first-order valence-electron chi connectivity index (χ1n) is 4.15. The standard InChI is InChI=1S/C10H10FNO2/c11-10-4-7(3-9(14)6-13)1-2-8(10)5-12/h1-2,4,9,13-14H,3,6H2. The van der Waals surface area contributed by atoms with Crippen molar-refractivity contribution in [1.29, 1.82) is 5.26 Å². The van der Waals surface area contributed by atoms with E-state index in [4.69, 9.17) is 15.5 Å². The van der Waals surface area contributed by atoms with Gasteiger partial charge < -0.3 is 10.2 Å². The van der Waals surface area contributed by atoms with Crippen molar-refractivity contribution >= 4 is 0 Å². The van der Waals surface area contributed by atoms with E-state index in [0.717, 1.165) is 0 Å². The maximum atomic E-state index is 13.0. The lowest BCUT2D eigenvalue weighted by molar-refractivity contribution is 0.0954. The maximum absolute atomic E-state index is 13.0. The molecule has 1 aromatic rings. The predicted octanol–water partition coefficient (Wildman–Crippen LogP) is 0.593. The Kier molecular flexibility index (Phi) is 3.57. The fourth-order valence-corrected chi connectivity index (χ4v) is 1.11. The molecule has 14 heavy (non-hydrogen) atoms. The lowest BCUT2D eigenvalue weighted by Crippen LogP contribution is -2.15. The summed E-state index contributed by atoms with van der Waals surface area (Å²) >= 11 is 0. The molecule has 2 N–H and O–H groups in total. The number of aliphatic hydroxyl groups excluding tert-OH is 2. The Hall–Kier alpha value is -1.44.